The predicted molar refractivity (Wildman–Crippen MR) is 101 cm³/mol. The van der Waals surface area contributed by atoms with Crippen LogP contribution in [0.15, 0.2) is 12.2 Å². The number of allylic oxidation sites excluding steroid dienone is 2. The van der Waals surface area contributed by atoms with Crippen LogP contribution in [0.3, 0.4) is 0 Å². The Kier molecular flexibility index (Phi) is 8.22. The summed E-state index contributed by atoms with van der Waals surface area (Å²) in [6.45, 7) is 18.7. The van der Waals surface area contributed by atoms with Gasteiger partial charge in [-0.2, -0.15) is 0 Å². The van der Waals surface area contributed by atoms with Gasteiger partial charge in [0, 0.05) is 0 Å². The standard InChI is InChI=1S/C11H22.C11H20/c2*1-8(2)10-5-6-11(7-10)9(3)4/h8-11H,5-7H2,1-4H3;5-6,8-11H,7H2,1-4H3. The summed E-state index contributed by atoms with van der Waals surface area (Å²) in [5.41, 5.74) is 0. The number of hydrogen-bond donors (Lipinski definition) is 0. The lowest BCUT2D eigenvalue weighted by Gasteiger charge is -2.17. The van der Waals surface area contributed by atoms with Gasteiger partial charge >= 0.3 is 0 Å². The van der Waals surface area contributed by atoms with Crippen molar-refractivity contribution in [1.29, 1.82) is 0 Å². The van der Waals surface area contributed by atoms with E-state index >= 15 is 0 Å². The third-order valence-electron chi connectivity index (χ3n) is 6.26. The fourth-order valence-corrected chi connectivity index (χ4v) is 4.01. The van der Waals surface area contributed by atoms with E-state index in [4.69, 9.17) is 0 Å². The van der Waals surface area contributed by atoms with E-state index < -0.39 is 0 Å². The first-order valence-corrected chi connectivity index (χ1v) is 9.90. The van der Waals surface area contributed by atoms with Crippen molar-refractivity contribution in [2.24, 2.45) is 47.3 Å². The van der Waals surface area contributed by atoms with Crippen LogP contribution in [0.2, 0.25) is 0 Å². The molecule has 1 fully saturated rings. The first-order chi connectivity index (χ1) is 10.2. The van der Waals surface area contributed by atoms with Gasteiger partial charge in [0.1, 0.15) is 0 Å². The molecule has 0 N–H and O–H groups in total. The minimum absolute atomic E-state index is 0.829. The summed E-state index contributed by atoms with van der Waals surface area (Å²) in [5.74, 6) is 7.25. The first-order valence-electron chi connectivity index (χ1n) is 9.90. The highest BCUT2D eigenvalue weighted by Crippen LogP contribution is 2.39. The molecular formula is C22H42. The lowest BCUT2D eigenvalue weighted by molar-refractivity contribution is 0.340. The number of hydrogen-bond acceptors (Lipinski definition) is 0. The Morgan fingerprint density at radius 3 is 1.09 bits per heavy atom. The van der Waals surface area contributed by atoms with Gasteiger partial charge in [0.15, 0.2) is 0 Å². The molecule has 0 saturated heterocycles. The molecule has 0 nitrogen and oxygen atoms in total. The molecule has 0 aliphatic heterocycles. The quantitative estimate of drug-likeness (QED) is 0.481. The van der Waals surface area contributed by atoms with E-state index in [1.807, 2.05) is 0 Å². The molecule has 0 heterocycles. The summed E-state index contributed by atoms with van der Waals surface area (Å²) < 4.78 is 0. The molecule has 2 rings (SSSR count). The van der Waals surface area contributed by atoms with Gasteiger partial charge in [-0.25, -0.2) is 0 Å². The molecule has 2 aliphatic rings. The predicted octanol–water partition coefficient (Wildman–Crippen LogP) is 7.21. The molecule has 0 aromatic rings. The van der Waals surface area contributed by atoms with Crippen LogP contribution >= 0.6 is 0 Å². The fraction of sp³-hybridized carbons (Fsp3) is 0.909. The van der Waals surface area contributed by atoms with E-state index in [0.29, 0.717) is 0 Å². The maximum atomic E-state index is 2.41. The maximum absolute atomic E-state index is 2.41. The monoisotopic (exact) mass is 306 g/mol. The van der Waals surface area contributed by atoms with E-state index in [2.05, 4.69) is 67.5 Å². The fourth-order valence-electron chi connectivity index (χ4n) is 4.01. The van der Waals surface area contributed by atoms with Crippen molar-refractivity contribution < 1.29 is 0 Å². The molecule has 0 radical (unpaired) electrons. The Hall–Kier alpha value is -0.260. The van der Waals surface area contributed by atoms with Gasteiger partial charge in [-0.3, -0.25) is 0 Å². The van der Waals surface area contributed by atoms with Crippen molar-refractivity contribution in [3.8, 4) is 0 Å². The van der Waals surface area contributed by atoms with Crippen molar-refractivity contribution in [1.82, 2.24) is 0 Å². The van der Waals surface area contributed by atoms with Gasteiger partial charge in [-0.05, 0) is 73.0 Å². The van der Waals surface area contributed by atoms with E-state index in [1.165, 1.54) is 25.7 Å². The molecule has 22 heavy (non-hydrogen) atoms. The van der Waals surface area contributed by atoms with Gasteiger partial charge in [0.2, 0.25) is 0 Å². The molecule has 0 aromatic heterocycles. The summed E-state index contributed by atoms with van der Waals surface area (Å²) in [6, 6.07) is 0. The Morgan fingerprint density at radius 1 is 0.545 bits per heavy atom. The Labute approximate surface area is 141 Å². The van der Waals surface area contributed by atoms with Crippen LogP contribution in [0, 0.1) is 47.3 Å². The minimum atomic E-state index is 0.829. The SMILES string of the molecule is CC(C)C1C=CC(C(C)C)C1.CC(C)C1CCC(C(C)C)C1. The van der Waals surface area contributed by atoms with Crippen molar-refractivity contribution in [3.63, 3.8) is 0 Å². The summed E-state index contributed by atoms with van der Waals surface area (Å²) in [7, 11) is 0. The Balaban J connectivity index is 0.000000220. The normalized spacial score (nSPS) is 31.5. The Morgan fingerprint density at radius 2 is 0.909 bits per heavy atom. The molecule has 0 amide bonds. The average Bonchev–Trinajstić information content (AvgIpc) is 3.09. The van der Waals surface area contributed by atoms with Crippen LogP contribution in [0.5, 0.6) is 0 Å². The van der Waals surface area contributed by atoms with Crippen LogP contribution in [0.25, 0.3) is 0 Å². The summed E-state index contributed by atoms with van der Waals surface area (Å²) in [6.07, 6.45) is 10.7. The van der Waals surface area contributed by atoms with Crippen LogP contribution in [0.4, 0.5) is 0 Å². The topological polar surface area (TPSA) is 0 Å². The zero-order valence-electron chi connectivity index (χ0n) is 16.6. The van der Waals surface area contributed by atoms with Crippen molar-refractivity contribution in [3.05, 3.63) is 12.2 Å². The molecule has 4 atom stereocenters. The summed E-state index contributed by atoms with van der Waals surface area (Å²) >= 11 is 0. The van der Waals surface area contributed by atoms with Crippen LogP contribution in [-0.4, -0.2) is 0 Å². The molecule has 0 aromatic carbocycles. The van der Waals surface area contributed by atoms with Crippen LogP contribution in [0.1, 0.15) is 81.1 Å². The van der Waals surface area contributed by atoms with E-state index in [0.717, 1.165) is 47.3 Å². The second-order valence-electron chi connectivity index (χ2n) is 9.26. The zero-order chi connectivity index (χ0) is 16.9. The summed E-state index contributed by atoms with van der Waals surface area (Å²) in [4.78, 5) is 0. The van der Waals surface area contributed by atoms with Gasteiger partial charge < -0.3 is 0 Å². The van der Waals surface area contributed by atoms with Gasteiger partial charge in [-0.1, -0.05) is 67.5 Å². The largest absolute Gasteiger partial charge is 0.0849 e. The summed E-state index contributed by atoms with van der Waals surface area (Å²) in [5, 5.41) is 0. The van der Waals surface area contributed by atoms with E-state index in [-0.39, 0.29) is 0 Å². The highest BCUT2D eigenvalue weighted by molar-refractivity contribution is 5.03. The number of rotatable bonds is 4. The lowest BCUT2D eigenvalue weighted by atomic mass is 9.88. The molecule has 0 bridgehead atoms. The molecule has 130 valence electrons. The minimum Gasteiger partial charge on any atom is -0.0849 e. The second kappa shape index (κ2) is 9.14. The smallest absolute Gasteiger partial charge is 0.0205 e. The first kappa shape index (κ1) is 19.8. The zero-order valence-corrected chi connectivity index (χ0v) is 16.6. The molecule has 0 heteroatoms. The lowest BCUT2D eigenvalue weighted by Crippen LogP contribution is -2.08. The highest BCUT2D eigenvalue weighted by atomic mass is 14.3. The van der Waals surface area contributed by atoms with Crippen LogP contribution in [-0.2, 0) is 0 Å². The van der Waals surface area contributed by atoms with E-state index in [1.54, 1.807) is 0 Å². The third kappa shape index (κ3) is 6.09. The van der Waals surface area contributed by atoms with Crippen molar-refractivity contribution >= 4 is 0 Å². The molecular weight excluding hydrogens is 264 g/mol. The van der Waals surface area contributed by atoms with Crippen molar-refractivity contribution in [2.45, 2.75) is 81.1 Å². The molecule has 0 spiro atoms. The molecule has 2 aliphatic carbocycles. The van der Waals surface area contributed by atoms with Crippen molar-refractivity contribution in [2.75, 3.05) is 0 Å². The van der Waals surface area contributed by atoms with Gasteiger partial charge in [0.25, 0.3) is 0 Å². The Bertz CT molecular complexity index is 291. The maximum Gasteiger partial charge on any atom is -0.0205 e. The third-order valence-corrected chi connectivity index (χ3v) is 6.26. The molecule has 4 unspecified atom stereocenters. The second-order valence-corrected chi connectivity index (χ2v) is 9.26. The van der Waals surface area contributed by atoms with Crippen LogP contribution < -0.4 is 0 Å². The van der Waals surface area contributed by atoms with E-state index in [9.17, 15) is 0 Å². The highest BCUT2D eigenvalue weighted by Gasteiger charge is 2.28. The average molecular weight is 307 g/mol. The van der Waals surface area contributed by atoms with Gasteiger partial charge in [0.05, 0.1) is 0 Å². The molecule has 1 saturated carbocycles. The van der Waals surface area contributed by atoms with Gasteiger partial charge in [-0.15, -0.1) is 0 Å².